The quantitative estimate of drug-likeness (QED) is 0.473. The minimum atomic E-state index is -0.353. The summed E-state index contributed by atoms with van der Waals surface area (Å²) in [4.78, 5) is 10.4. The van der Waals surface area contributed by atoms with Gasteiger partial charge in [-0.25, -0.2) is 0 Å². The SMILES string of the molecule is CC(C)OC1C=CCC(C=O)O1. The first kappa shape index (κ1) is 9.42. The van der Waals surface area contributed by atoms with Crippen LogP contribution in [0, 0.1) is 0 Å². The predicted molar refractivity (Wildman–Crippen MR) is 44.7 cm³/mol. The van der Waals surface area contributed by atoms with Gasteiger partial charge in [-0.1, -0.05) is 6.08 Å². The molecule has 0 N–H and O–H groups in total. The van der Waals surface area contributed by atoms with Crippen LogP contribution in [0.2, 0.25) is 0 Å². The molecule has 0 saturated carbocycles. The fraction of sp³-hybridized carbons (Fsp3) is 0.667. The molecular formula is C9H14O3. The van der Waals surface area contributed by atoms with Gasteiger partial charge in [-0.15, -0.1) is 0 Å². The first-order valence-corrected chi connectivity index (χ1v) is 4.15. The third-order valence-electron chi connectivity index (χ3n) is 1.53. The molecule has 0 amide bonds. The highest BCUT2D eigenvalue weighted by Crippen LogP contribution is 2.12. The Labute approximate surface area is 72.4 Å². The molecular weight excluding hydrogens is 156 g/mol. The van der Waals surface area contributed by atoms with Crippen LogP contribution in [0.4, 0.5) is 0 Å². The van der Waals surface area contributed by atoms with Crippen LogP contribution in [0.1, 0.15) is 20.3 Å². The van der Waals surface area contributed by atoms with Gasteiger partial charge < -0.3 is 14.3 Å². The zero-order chi connectivity index (χ0) is 8.97. The zero-order valence-corrected chi connectivity index (χ0v) is 7.40. The second kappa shape index (κ2) is 4.38. The molecule has 0 radical (unpaired) electrons. The number of carbonyl (C=O) groups is 1. The number of ether oxygens (including phenoxy) is 2. The second-order valence-electron chi connectivity index (χ2n) is 3.03. The maximum atomic E-state index is 10.4. The first-order chi connectivity index (χ1) is 5.72. The topological polar surface area (TPSA) is 35.5 Å². The van der Waals surface area contributed by atoms with Crippen molar-refractivity contribution in [3.8, 4) is 0 Å². The summed E-state index contributed by atoms with van der Waals surface area (Å²) in [5, 5.41) is 0. The molecule has 3 heteroatoms. The summed E-state index contributed by atoms with van der Waals surface area (Å²) in [6.45, 7) is 3.86. The lowest BCUT2D eigenvalue weighted by atomic mass is 10.2. The van der Waals surface area contributed by atoms with E-state index >= 15 is 0 Å². The molecule has 0 bridgehead atoms. The molecule has 2 unspecified atom stereocenters. The van der Waals surface area contributed by atoms with Crippen molar-refractivity contribution >= 4 is 6.29 Å². The van der Waals surface area contributed by atoms with Crippen LogP contribution < -0.4 is 0 Å². The van der Waals surface area contributed by atoms with E-state index in [1.165, 1.54) is 0 Å². The molecule has 0 fully saturated rings. The summed E-state index contributed by atoms with van der Waals surface area (Å²) in [5.41, 5.74) is 0. The Morgan fingerprint density at radius 1 is 1.67 bits per heavy atom. The van der Waals surface area contributed by atoms with Crippen LogP contribution >= 0.6 is 0 Å². The molecule has 0 aromatic heterocycles. The van der Waals surface area contributed by atoms with Crippen LogP contribution in [-0.2, 0) is 14.3 Å². The van der Waals surface area contributed by atoms with Gasteiger partial charge in [0.2, 0.25) is 0 Å². The van der Waals surface area contributed by atoms with Crippen LogP contribution in [0.3, 0.4) is 0 Å². The fourth-order valence-electron chi connectivity index (χ4n) is 1.03. The van der Waals surface area contributed by atoms with E-state index in [2.05, 4.69) is 0 Å². The summed E-state index contributed by atoms with van der Waals surface area (Å²) in [6.07, 6.45) is 4.63. The Bertz CT molecular complexity index is 175. The van der Waals surface area contributed by atoms with E-state index in [0.717, 1.165) is 6.29 Å². The number of hydrogen-bond donors (Lipinski definition) is 0. The van der Waals surface area contributed by atoms with Gasteiger partial charge >= 0.3 is 0 Å². The average molecular weight is 170 g/mol. The lowest BCUT2D eigenvalue weighted by Crippen LogP contribution is -2.29. The molecule has 0 aromatic carbocycles. The highest BCUT2D eigenvalue weighted by atomic mass is 16.7. The summed E-state index contributed by atoms with van der Waals surface area (Å²) in [7, 11) is 0. The lowest BCUT2D eigenvalue weighted by Gasteiger charge is -2.23. The number of aldehydes is 1. The minimum absolute atomic E-state index is 0.116. The summed E-state index contributed by atoms with van der Waals surface area (Å²) in [6, 6.07) is 0. The molecule has 0 aliphatic carbocycles. The molecule has 68 valence electrons. The van der Waals surface area contributed by atoms with Gasteiger partial charge in [0, 0.05) is 0 Å². The first-order valence-electron chi connectivity index (χ1n) is 4.15. The van der Waals surface area contributed by atoms with Gasteiger partial charge in [-0.2, -0.15) is 0 Å². The van der Waals surface area contributed by atoms with Crippen molar-refractivity contribution in [2.75, 3.05) is 0 Å². The van der Waals surface area contributed by atoms with Crippen molar-refractivity contribution < 1.29 is 14.3 Å². The smallest absolute Gasteiger partial charge is 0.178 e. The molecule has 3 nitrogen and oxygen atoms in total. The lowest BCUT2D eigenvalue weighted by molar-refractivity contribution is -0.167. The number of carbonyl (C=O) groups excluding carboxylic acids is 1. The van der Waals surface area contributed by atoms with E-state index in [1.807, 2.05) is 26.0 Å². The molecule has 0 spiro atoms. The van der Waals surface area contributed by atoms with E-state index < -0.39 is 0 Å². The molecule has 0 saturated heterocycles. The second-order valence-corrected chi connectivity index (χ2v) is 3.03. The third-order valence-corrected chi connectivity index (χ3v) is 1.53. The van der Waals surface area contributed by atoms with Crippen LogP contribution in [0.25, 0.3) is 0 Å². The predicted octanol–water partition coefficient (Wildman–Crippen LogP) is 1.28. The van der Waals surface area contributed by atoms with Crippen molar-refractivity contribution in [2.24, 2.45) is 0 Å². The summed E-state index contributed by atoms with van der Waals surface area (Å²) >= 11 is 0. The molecule has 2 atom stereocenters. The molecule has 1 heterocycles. The summed E-state index contributed by atoms with van der Waals surface area (Å²) in [5.74, 6) is 0. The number of hydrogen-bond acceptors (Lipinski definition) is 3. The molecule has 12 heavy (non-hydrogen) atoms. The van der Waals surface area contributed by atoms with Crippen molar-refractivity contribution in [2.45, 2.75) is 38.8 Å². The monoisotopic (exact) mass is 170 g/mol. The van der Waals surface area contributed by atoms with E-state index in [0.29, 0.717) is 6.42 Å². The minimum Gasteiger partial charge on any atom is -0.346 e. The Hall–Kier alpha value is -0.670. The van der Waals surface area contributed by atoms with Crippen LogP contribution in [0.15, 0.2) is 12.2 Å². The van der Waals surface area contributed by atoms with Crippen molar-refractivity contribution in [1.29, 1.82) is 0 Å². The van der Waals surface area contributed by atoms with E-state index in [-0.39, 0.29) is 18.5 Å². The Morgan fingerprint density at radius 3 is 3.00 bits per heavy atom. The third kappa shape index (κ3) is 2.75. The highest BCUT2D eigenvalue weighted by Gasteiger charge is 2.18. The van der Waals surface area contributed by atoms with Crippen LogP contribution in [0.5, 0.6) is 0 Å². The van der Waals surface area contributed by atoms with Crippen molar-refractivity contribution in [1.82, 2.24) is 0 Å². The Morgan fingerprint density at radius 2 is 2.42 bits per heavy atom. The zero-order valence-electron chi connectivity index (χ0n) is 7.40. The van der Waals surface area contributed by atoms with Gasteiger partial charge in [0.1, 0.15) is 12.4 Å². The number of rotatable bonds is 3. The standard InChI is InChI=1S/C9H14O3/c1-7(2)11-9-5-3-4-8(6-10)12-9/h3,5-9H,4H2,1-2H3. The van der Waals surface area contributed by atoms with Gasteiger partial charge in [0.05, 0.1) is 6.10 Å². The Balaban J connectivity index is 2.40. The van der Waals surface area contributed by atoms with Crippen molar-refractivity contribution in [3.63, 3.8) is 0 Å². The van der Waals surface area contributed by atoms with E-state index in [9.17, 15) is 4.79 Å². The largest absolute Gasteiger partial charge is 0.346 e. The van der Waals surface area contributed by atoms with Gasteiger partial charge in [-0.05, 0) is 26.3 Å². The molecule has 1 aliphatic heterocycles. The van der Waals surface area contributed by atoms with Gasteiger partial charge in [0.25, 0.3) is 0 Å². The van der Waals surface area contributed by atoms with Crippen molar-refractivity contribution in [3.05, 3.63) is 12.2 Å². The highest BCUT2D eigenvalue weighted by molar-refractivity contribution is 5.56. The van der Waals surface area contributed by atoms with Gasteiger partial charge in [0.15, 0.2) is 6.29 Å². The normalized spacial score (nSPS) is 29.2. The maximum absolute atomic E-state index is 10.4. The molecule has 1 rings (SSSR count). The molecule has 0 aromatic rings. The van der Waals surface area contributed by atoms with Crippen LogP contribution in [-0.4, -0.2) is 24.8 Å². The van der Waals surface area contributed by atoms with Gasteiger partial charge in [-0.3, -0.25) is 0 Å². The fourth-order valence-corrected chi connectivity index (χ4v) is 1.03. The van der Waals surface area contributed by atoms with E-state index in [1.54, 1.807) is 0 Å². The average Bonchev–Trinajstić information content (AvgIpc) is 2.03. The Kier molecular flexibility index (Phi) is 3.44. The van der Waals surface area contributed by atoms with E-state index in [4.69, 9.17) is 9.47 Å². The maximum Gasteiger partial charge on any atom is 0.178 e. The molecule has 1 aliphatic rings. The summed E-state index contributed by atoms with van der Waals surface area (Å²) < 4.78 is 10.6.